The Bertz CT molecular complexity index is 613. The maximum absolute atomic E-state index is 5.80. The van der Waals surface area contributed by atoms with Gasteiger partial charge in [-0.25, -0.2) is 0 Å². The molecule has 0 saturated carbocycles. The summed E-state index contributed by atoms with van der Waals surface area (Å²) in [5, 5.41) is 4.48. The minimum atomic E-state index is 0.108. The van der Waals surface area contributed by atoms with E-state index < -0.39 is 0 Å². The highest BCUT2D eigenvalue weighted by Gasteiger charge is 2.18. The van der Waals surface area contributed by atoms with Gasteiger partial charge in [0.15, 0.2) is 0 Å². The lowest BCUT2D eigenvalue weighted by atomic mass is 9.93. The lowest BCUT2D eigenvalue weighted by Crippen LogP contribution is -2.30. The average molecular weight is 272 g/mol. The molecule has 0 aliphatic carbocycles. The van der Waals surface area contributed by atoms with E-state index in [0.29, 0.717) is 0 Å². The fourth-order valence-corrected chi connectivity index (χ4v) is 2.73. The molecule has 0 radical (unpaired) electrons. The van der Waals surface area contributed by atoms with Crippen LogP contribution in [0, 0.1) is 27.7 Å². The fourth-order valence-electron chi connectivity index (χ4n) is 2.73. The normalized spacial score (nSPS) is 12.7. The van der Waals surface area contributed by atoms with Gasteiger partial charge in [0.1, 0.15) is 0 Å². The van der Waals surface area contributed by atoms with Crippen molar-refractivity contribution in [2.24, 2.45) is 12.9 Å². The molecule has 4 heteroatoms. The second-order valence-electron chi connectivity index (χ2n) is 5.49. The van der Waals surface area contributed by atoms with Crippen LogP contribution in [0.4, 0.5) is 0 Å². The Balaban J connectivity index is 2.36. The van der Waals surface area contributed by atoms with Crippen LogP contribution in [-0.2, 0) is 13.5 Å². The number of aromatic nitrogens is 2. The predicted octanol–water partition coefficient (Wildman–Crippen LogP) is 2.40. The van der Waals surface area contributed by atoms with Crippen LogP contribution >= 0.6 is 0 Å². The summed E-state index contributed by atoms with van der Waals surface area (Å²) in [6.45, 7) is 8.44. The van der Waals surface area contributed by atoms with Gasteiger partial charge in [-0.05, 0) is 56.4 Å². The summed E-state index contributed by atoms with van der Waals surface area (Å²) in [6, 6.07) is 6.47. The van der Waals surface area contributed by atoms with Gasteiger partial charge in [-0.1, -0.05) is 18.2 Å². The van der Waals surface area contributed by atoms with Crippen LogP contribution in [0.5, 0.6) is 0 Å². The maximum Gasteiger partial charge on any atom is 0.0629 e. The number of benzene rings is 1. The van der Waals surface area contributed by atoms with Crippen LogP contribution in [0.1, 0.15) is 39.7 Å². The number of nitrogens with zero attached hydrogens (tertiary/aromatic N) is 2. The lowest BCUT2D eigenvalue weighted by Gasteiger charge is -2.20. The van der Waals surface area contributed by atoms with Gasteiger partial charge in [-0.15, -0.1) is 0 Å². The molecule has 1 unspecified atom stereocenters. The van der Waals surface area contributed by atoms with Crippen molar-refractivity contribution in [3.63, 3.8) is 0 Å². The Morgan fingerprint density at radius 3 is 2.50 bits per heavy atom. The first-order valence-electron chi connectivity index (χ1n) is 6.97. The van der Waals surface area contributed by atoms with Gasteiger partial charge in [-0.3, -0.25) is 16.0 Å². The van der Waals surface area contributed by atoms with E-state index in [9.17, 15) is 0 Å². The summed E-state index contributed by atoms with van der Waals surface area (Å²) >= 11 is 0. The van der Waals surface area contributed by atoms with Crippen LogP contribution in [0.3, 0.4) is 0 Å². The second-order valence-corrected chi connectivity index (χ2v) is 5.49. The zero-order chi connectivity index (χ0) is 14.9. The number of hydrazine groups is 1. The Kier molecular flexibility index (Phi) is 4.26. The molecule has 0 spiro atoms. The third-order valence-corrected chi connectivity index (χ3v) is 4.29. The van der Waals surface area contributed by atoms with Crippen molar-refractivity contribution in [2.45, 2.75) is 40.2 Å². The monoisotopic (exact) mass is 272 g/mol. The van der Waals surface area contributed by atoms with E-state index in [1.807, 2.05) is 11.7 Å². The number of rotatable bonds is 4. The summed E-state index contributed by atoms with van der Waals surface area (Å²) in [5.74, 6) is 5.80. The Morgan fingerprint density at radius 2 is 1.95 bits per heavy atom. The van der Waals surface area contributed by atoms with Gasteiger partial charge in [0.05, 0.1) is 11.7 Å². The first-order valence-corrected chi connectivity index (χ1v) is 6.97. The molecule has 0 aliphatic rings. The van der Waals surface area contributed by atoms with E-state index in [2.05, 4.69) is 56.4 Å². The average Bonchev–Trinajstić information content (AvgIpc) is 2.65. The minimum absolute atomic E-state index is 0.108. The molecule has 0 fully saturated rings. The van der Waals surface area contributed by atoms with Crippen LogP contribution < -0.4 is 11.3 Å². The first-order chi connectivity index (χ1) is 9.45. The lowest BCUT2D eigenvalue weighted by molar-refractivity contribution is 0.546. The molecular weight excluding hydrogens is 248 g/mol. The van der Waals surface area contributed by atoms with Crippen LogP contribution in [0.2, 0.25) is 0 Å². The van der Waals surface area contributed by atoms with E-state index in [1.165, 1.54) is 27.9 Å². The van der Waals surface area contributed by atoms with E-state index in [0.717, 1.165) is 12.1 Å². The van der Waals surface area contributed by atoms with Gasteiger partial charge in [0.25, 0.3) is 0 Å². The number of nitrogens with two attached hydrogens (primary N) is 1. The molecule has 1 aromatic heterocycles. The third-order valence-electron chi connectivity index (χ3n) is 4.29. The molecule has 4 nitrogen and oxygen atoms in total. The van der Waals surface area contributed by atoms with Gasteiger partial charge in [-0.2, -0.15) is 5.10 Å². The summed E-state index contributed by atoms with van der Waals surface area (Å²) in [7, 11) is 1.98. The predicted molar refractivity (Wildman–Crippen MR) is 82.4 cm³/mol. The van der Waals surface area contributed by atoms with Crippen molar-refractivity contribution in [3.8, 4) is 0 Å². The Labute approximate surface area is 121 Å². The molecule has 20 heavy (non-hydrogen) atoms. The highest BCUT2D eigenvalue weighted by molar-refractivity contribution is 5.37. The van der Waals surface area contributed by atoms with Crippen molar-refractivity contribution >= 4 is 0 Å². The SMILES string of the molecule is Cc1cccc(C(Cc2c(C)nn(C)c2C)NN)c1C. The van der Waals surface area contributed by atoms with Crippen molar-refractivity contribution in [3.05, 3.63) is 51.8 Å². The molecule has 1 atom stereocenters. The summed E-state index contributed by atoms with van der Waals surface area (Å²) in [4.78, 5) is 0. The molecule has 2 aromatic rings. The number of hydrogen-bond acceptors (Lipinski definition) is 3. The summed E-state index contributed by atoms with van der Waals surface area (Å²) in [5.41, 5.74) is 10.4. The molecule has 108 valence electrons. The molecule has 0 aliphatic heterocycles. The van der Waals surface area contributed by atoms with Gasteiger partial charge in [0, 0.05) is 12.7 Å². The third kappa shape index (κ3) is 2.62. The van der Waals surface area contributed by atoms with E-state index in [4.69, 9.17) is 5.84 Å². The zero-order valence-corrected chi connectivity index (χ0v) is 13.0. The Morgan fingerprint density at radius 1 is 1.25 bits per heavy atom. The fraction of sp³-hybridized carbons (Fsp3) is 0.438. The molecular formula is C16H24N4. The topological polar surface area (TPSA) is 55.9 Å². The second kappa shape index (κ2) is 5.77. The summed E-state index contributed by atoms with van der Waals surface area (Å²) < 4.78 is 1.93. The van der Waals surface area contributed by atoms with E-state index >= 15 is 0 Å². The molecule has 2 rings (SSSR count). The van der Waals surface area contributed by atoms with E-state index in [-0.39, 0.29) is 6.04 Å². The highest BCUT2D eigenvalue weighted by atomic mass is 15.3. The first kappa shape index (κ1) is 14.8. The minimum Gasteiger partial charge on any atom is -0.272 e. The quantitative estimate of drug-likeness (QED) is 0.664. The highest BCUT2D eigenvalue weighted by Crippen LogP contribution is 2.25. The number of hydrogen-bond donors (Lipinski definition) is 2. The number of nitrogens with one attached hydrogen (secondary N) is 1. The molecule has 3 N–H and O–H groups in total. The van der Waals surface area contributed by atoms with Gasteiger partial charge in [0.2, 0.25) is 0 Å². The standard InChI is InChI=1S/C16H24N4/c1-10-7-6-8-14(11(10)2)16(18-17)9-15-12(3)19-20(5)13(15)4/h6-8,16,18H,9,17H2,1-5H3. The molecule has 0 amide bonds. The number of aryl methyl sites for hydroxylation is 3. The maximum atomic E-state index is 5.80. The Hall–Kier alpha value is -1.65. The van der Waals surface area contributed by atoms with Crippen LogP contribution in [0.15, 0.2) is 18.2 Å². The molecule has 0 saturated heterocycles. The van der Waals surface area contributed by atoms with Crippen molar-refractivity contribution in [1.82, 2.24) is 15.2 Å². The van der Waals surface area contributed by atoms with Crippen molar-refractivity contribution in [2.75, 3.05) is 0 Å². The van der Waals surface area contributed by atoms with Gasteiger partial charge >= 0.3 is 0 Å². The van der Waals surface area contributed by atoms with Crippen LogP contribution in [0.25, 0.3) is 0 Å². The van der Waals surface area contributed by atoms with Crippen molar-refractivity contribution < 1.29 is 0 Å². The smallest absolute Gasteiger partial charge is 0.0629 e. The molecule has 0 bridgehead atoms. The van der Waals surface area contributed by atoms with Gasteiger partial charge < -0.3 is 0 Å². The van der Waals surface area contributed by atoms with Crippen molar-refractivity contribution in [1.29, 1.82) is 0 Å². The van der Waals surface area contributed by atoms with E-state index in [1.54, 1.807) is 0 Å². The zero-order valence-electron chi connectivity index (χ0n) is 13.0. The molecule has 1 heterocycles. The van der Waals surface area contributed by atoms with Crippen LogP contribution in [-0.4, -0.2) is 9.78 Å². The summed E-state index contributed by atoms with van der Waals surface area (Å²) in [6.07, 6.45) is 0.853. The largest absolute Gasteiger partial charge is 0.272 e. The molecule has 1 aromatic carbocycles.